The molecule has 0 radical (unpaired) electrons. The Hall–Kier alpha value is -0.870. The van der Waals surface area contributed by atoms with Crippen LogP contribution in [0.4, 0.5) is 0 Å². The van der Waals surface area contributed by atoms with Gasteiger partial charge >= 0.3 is 0 Å². The normalized spacial score (nSPS) is 31.6. The summed E-state index contributed by atoms with van der Waals surface area (Å²) in [5.41, 5.74) is 1.26. The predicted molar refractivity (Wildman–Crippen MR) is 57.4 cm³/mol. The van der Waals surface area contributed by atoms with Gasteiger partial charge in [0.05, 0.1) is 12.1 Å². The van der Waals surface area contributed by atoms with E-state index >= 15 is 0 Å². The Kier molecular flexibility index (Phi) is 3.07. The first-order valence-electron chi connectivity index (χ1n) is 5.52. The van der Waals surface area contributed by atoms with Crippen molar-refractivity contribution in [2.75, 3.05) is 19.6 Å². The van der Waals surface area contributed by atoms with Gasteiger partial charge in [-0.25, -0.2) is 0 Å². The Labute approximate surface area is 90.0 Å². The highest BCUT2D eigenvalue weighted by atomic mass is 16.3. The number of hydrogen-bond acceptors (Lipinski definition) is 3. The second kappa shape index (κ2) is 4.33. The zero-order valence-electron chi connectivity index (χ0n) is 9.07. The van der Waals surface area contributed by atoms with E-state index in [0.717, 1.165) is 19.5 Å². The van der Waals surface area contributed by atoms with Gasteiger partial charge in [-0.3, -0.25) is 4.79 Å². The molecule has 2 unspecified atom stereocenters. The van der Waals surface area contributed by atoms with Crippen molar-refractivity contribution in [2.45, 2.75) is 31.9 Å². The fraction of sp³-hybridized carbons (Fsp3) is 0.727. The molecule has 0 saturated carbocycles. The Morgan fingerprint density at radius 2 is 2.47 bits per heavy atom. The lowest BCUT2D eigenvalue weighted by Gasteiger charge is -2.28. The van der Waals surface area contributed by atoms with Crippen LogP contribution in [-0.4, -0.2) is 47.7 Å². The zero-order chi connectivity index (χ0) is 10.8. The van der Waals surface area contributed by atoms with Crippen LogP contribution in [0.2, 0.25) is 0 Å². The van der Waals surface area contributed by atoms with Crippen molar-refractivity contribution >= 4 is 5.91 Å². The number of carbonyl (C=O) groups is 1. The molecule has 4 nitrogen and oxygen atoms in total. The molecule has 2 rings (SSSR count). The monoisotopic (exact) mass is 210 g/mol. The number of hydrogen-bond donors (Lipinski definition) is 2. The molecule has 1 saturated heterocycles. The quantitative estimate of drug-likeness (QED) is 0.594. The van der Waals surface area contributed by atoms with Crippen molar-refractivity contribution in [3.8, 4) is 0 Å². The summed E-state index contributed by atoms with van der Waals surface area (Å²) in [5, 5.41) is 12.4. The van der Waals surface area contributed by atoms with E-state index in [1.165, 1.54) is 5.57 Å². The summed E-state index contributed by atoms with van der Waals surface area (Å²) in [6.07, 6.45) is 3.33. The standard InChI is InChI=1S/C11H18N2O2/c1-8-3-2-4-13(7-8)11(15)10-5-9(14)6-12-10/h3,9-10,12,14H,2,4-7H2,1H3. The molecule has 0 aromatic carbocycles. The Bertz CT molecular complexity index is 288. The largest absolute Gasteiger partial charge is 0.392 e. The fourth-order valence-electron chi connectivity index (χ4n) is 2.23. The Balaban J connectivity index is 1.93. The molecule has 0 aliphatic carbocycles. The molecule has 2 heterocycles. The van der Waals surface area contributed by atoms with E-state index in [2.05, 4.69) is 18.3 Å². The van der Waals surface area contributed by atoms with Gasteiger partial charge in [0.15, 0.2) is 0 Å². The zero-order valence-corrected chi connectivity index (χ0v) is 9.07. The van der Waals surface area contributed by atoms with E-state index in [1.54, 1.807) is 0 Å². The molecule has 0 aromatic heterocycles. The summed E-state index contributed by atoms with van der Waals surface area (Å²) in [7, 11) is 0. The summed E-state index contributed by atoms with van der Waals surface area (Å²) in [4.78, 5) is 13.9. The molecule has 1 fully saturated rings. The van der Waals surface area contributed by atoms with Gasteiger partial charge in [-0.05, 0) is 19.8 Å². The molecule has 0 spiro atoms. The van der Waals surface area contributed by atoms with Crippen molar-refractivity contribution < 1.29 is 9.90 Å². The molecule has 0 aromatic rings. The molecule has 2 N–H and O–H groups in total. The number of amides is 1. The Morgan fingerprint density at radius 1 is 1.67 bits per heavy atom. The van der Waals surface area contributed by atoms with Gasteiger partial charge < -0.3 is 15.3 Å². The fourth-order valence-corrected chi connectivity index (χ4v) is 2.23. The molecule has 2 aliphatic heterocycles. The first kappa shape index (κ1) is 10.6. The topological polar surface area (TPSA) is 52.6 Å². The predicted octanol–water partition coefficient (Wildman–Crippen LogP) is -0.112. The summed E-state index contributed by atoms with van der Waals surface area (Å²) < 4.78 is 0. The highest BCUT2D eigenvalue weighted by Crippen LogP contribution is 2.14. The molecule has 84 valence electrons. The van der Waals surface area contributed by atoms with Gasteiger partial charge in [0.1, 0.15) is 0 Å². The van der Waals surface area contributed by atoms with Gasteiger partial charge in [0.25, 0.3) is 0 Å². The maximum Gasteiger partial charge on any atom is 0.240 e. The number of nitrogens with zero attached hydrogens (tertiary/aromatic N) is 1. The van der Waals surface area contributed by atoms with E-state index in [9.17, 15) is 9.90 Å². The number of carbonyl (C=O) groups excluding carboxylic acids is 1. The molecule has 4 heteroatoms. The second-order valence-electron chi connectivity index (χ2n) is 4.45. The third-order valence-corrected chi connectivity index (χ3v) is 3.05. The lowest BCUT2D eigenvalue weighted by atomic mass is 10.1. The maximum absolute atomic E-state index is 12.0. The van der Waals surface area contributed by atoms with Crippen molar-refractivity contribution in [3.63, 3.8) is 0 Å². The number of aliphatic hydroxyl groups is 1. The number of aliphatic hydroxyl groups excluding tert-OH is 1. The van der Waals surface area contributed by atoms with Crippen LogP contribution in [0, 0.1) is 0 Å². The van der Waals surface area contributed by atoms with Crippen LogP contribution in [0.1, 0.15) is 19.8 Å². The summed E-state index contributed by atoms with van der Waals surface area (Å²) in [6.45, 7) is 4.15. The van der Waals surface area contributed by atoms with Crippen LogP contribution >= 0.6 is 0 Å². The molecule has 2 atom stereocenters. The Morgan fingerprint density at radius 3 is 3.07 bits per heavy atom. The van der Waals surface area contributed by atoms with Crippen molar-refractivity contribution in [1.82, 2.24) is 10.2 Å². The number of rotatable bonds is 1. The van der Waals surface area contributed by atoms with Crippen molar-refractivity contribution in [1.29, 1.82) is 0 Å². The van der Waals surface area contributed by atoms with Crippen LogP contribution < -0.4 is 5.32 Å². The minimum Gasteiger partial charge on any atom is -0.392 e. The van der Waals surface area contributed by atoms with Crippen LogP contribution in [0.25, 0.3) is 0 Å². The van der Waals surface area contributed by atoms with E-state index in [-0.39, 0.29) is 18.1 Å². The van der Waals surface area contributed by atoms with Gasteiger partial charge in [0, 0.05) is 19.6 Å². The SMILES string of the molecule is CC1=CCCN(C(=O)C2CC(O)CN2)C1. The lowest BCUT2D eigenvalue weighted by molar-refractivity contribution is -0.133. The summed E-state index contributed by atoms with van der Waals surface area (Å²) in [6, 6.07) is -0.175. The van der Waals surface area contributed by atoms with Gasteiger partial charge in [-0.2, -0.15) is 0 Å². The highest BCUT2D eigenvalue weighted by Gasteiger charge is 2.31. The third-order valence-electron chi connectivity index (χ3n) is 3.05. The molecular formula is C11H18N2O2. The third kappa shape index (κ3) is 2.38. The smallest absolute Gasteiger partial charge is 0.240 e. The lowest BCUT2D eigenvalue weighted by Crippen LogP contribution is -2.45. The van der Waals surface area contributed by atoms with Crippen LogP contribution in [0.5, 0.6) is 0 Å². The average Bonchev–Trinajstić information content (AvgIpc) is 2.64. The average molecular weight is 210 g/mol. The van der Waals surface area contributed by atoms with E-state index in [0.29, 0.717) is 13.0 Å². The molecule has 1 amide bonds. The van der Waals surface area contributed by atoms with Crippen molar-refractivity contribution in [3.05, 3.63) is 11.6 Å². The van der Waals surface area contributed by atoms with E-state index in [4.69, 9.17) is 0 Å². The molecule has 2 aliphatic rings. The van der Waals surface area contributed by atoms with Crippen LogP contribution in [0.3, 0.4) is 0 Å². The summed E-state index contributed by atoms with van der Waals surface area (Å²) in [5.74, 6) is 0.138. The summed E-state index contributed by atoms with van der Waals surface area (Å²) >= 11 is 0. The van der Waals surface area contributed by atoms with Crippen LogP contribution in [-0.2, 0) is 4.79 Å². The van der Waals surface area contributed by atoms with Crippen LogP contribution in [0.15, 0.2) is 11.6 Å². The first-order valence-corrected chi connectivity index (χ1v) is 5.52. The highest BCUT2D eigenvalue weighted by molar-refractivity contribution is 5.82. The number of β-amino-alcohol motifs (C(OH)–C–C–N with tert-alkyl or cyclic N) is 1. The minimum absolute atomic E-state index is 0.138. The van der Waals surface area contributed by atoms with E-state index < -0.39 is 0 Å². The minimum atomic E-state index is -0.361. The van der Waals surface area contributed by atoms with Gasteiger partial charge in [-0.15, -0.1) is 0 Å². The first-order chi connectivity index (χ1) is 7.16. The molecule has 15 heavy (non-hydrogen) atoms. The van der Waals surface area contributed by atoms with Gasteiger partial charge in [0.2, 0.25) is 5.91 Å². The number of nitrogens with one attached hydrogen (secondary N) is 1. The van der Waals surface area contributed by atoms with Crippen molar-refractivity contribution in [2.24, 2.45) is 0 Å². The molecular weight excluding hydrogens is 192 g/mol. The molecule has 0 bridgehead atoms. The van der Waals surface area contributed by atoms with Gasteiger partial charge in [-0.1, -0.05) is 11.6 Å². The van der Waals surface area contributed by atoms with E-state index in [1.807, 2.05) is 4.90 Å². The second-order valence-corrected chi connectivity index (χ2v) is 4.45. The maximum atomic E-state index is 12.0.